The molecule has 1 fully saturated rings. The Balaban J connectivity index is 2.65. The molecule has 0 aromatic rings. The molecule has 0 aromatic heterocycles. The molecular weight excluding hydrogens is 230 g/mol. The Hall–Kier alpha value is -0.0400. The van der Waals surface area contributed by atoms with Crippen molar-refractivity contribution in [2.75, 3.05) is 6.54 Å². The first-order chi connectivity index (χ1) is 8.74. The molecule has 4 unspecified atom stereocenters. The molecule has 1 saturated carbocycles. The fourth-order valence-corrected chi connectivity index (χ4v) is 3.78. The highest BCUT2D eigenvalue weighted by atomic mass is 14.9. The predicted octanol–water partition coefficient (Wildman–Crippen LogP) is 5.11. The lowest BCUT2D eigenvalue weighted by atomic mass is 9.70. The van der Waals surface area contributed by atoms with Gasteiger partial charge >= 0.3 is 0 Å². The van der Waals surface area contributed by atoms with Gasteiger partial charge in [0, 0.05) is 6.04 Å². The Morgan fingerprint density at radius 1 is 1.05 bits per heavy atom. The lowest BCUT2D eigenvalue weighted by Crippen LogP contribution is -2.42. The van der Waals surface area contributed by atoms with Crippen LogP contribution in [0.15, 0.2) is 0 Å². The van der Waals surface area contributed by atoms with Crippen molar-refractivity contribution in [2.24, 2.45) is 29.1 Å². The van der Waals surface area contributed by atoms with Gasteiger partial charge in [0.05, 0.1) is 0 Å². The van der Waals surface area contributed by atoms with Crippen LogP contribution in [0.2, 0.25) is 0 Å². The highest BCUT2D eigenvalue weighted by molar-refractivity contribution is 4.86. The minimum absolute atomic E-state index is 0.430. The lowest BCUT2D eigenvalue weighted by molar-refractivity contribution is 0.139. The van der Waals surface area contributed by atoms with E-state index in [4.69, 9.17) is 0 Å². The van der Waals surface area contributed by atoms with E-state index in [2.05, 4.69) is 53.8 Å². The zero-order chi connectivity index (χ0) is 14.6. The molecular formula is C18H37N. The molecule has 0 radical (unpaired) electrons. The molecule has 0 aliphatic heterocycles. The van der Waals surface area contributed by atoms with Crippen molar-refractivity contribution in [1.29, 1.82) is 0 Å². The topological polar surface area (TPSA) is 12.0 Å². The van der Waals surface area contributed by atoms with Crippen LogP contribution < -0.4 is 5.32 Å². The first kappa shape index (κ1) is 17.0. The smallest absolute Gasteiger partial charge is 0.00981 e. The average molecular weight is 268 g/mol. The summed E-state index contributed by atoms with van der Waals surface area (Å²) in [7, 11) is 0. The van der Waals surface area contributed by atoms with Gasteiger partial charge in [0.25, 0.3) is 0 Å². The Morgan fingerprint density at radius 3 is 2.00 bits per heavy atom. The molecule has 4 atom stereocenters. The summed E-state index contributed by atoms with van der Waals surface area (Å²) >= 11 is 0. The third-order valence-corrected chi connectivity index (χ3v) is 5.34. The number of hydrogen-bond acceptors (Lipinski definition) is 1. The van der Waals surface area contributed by atoms with E-state index in [-0.39, 0.29) is 0 Å². The van der Waals surface area contributed by atoms with Crippen LogP contribution in [-0.2, 0) is 0 Å². The molecule has 0 spiro atoms. The Labute approximate surface area is 121 Å². The summed E-state index contributed by atoms with van der Waals surface area (Å²) in [6.45, 7) is 17.8. The van der Waals surface area contributed by atoms with Gasteiger partial charge in [-0.25, -0.2) is 0 Å². The second-order valence-electron chi connectivity index (χ2n) is 8.34. The van der Waals surface area contributed by atoms with Crippen LogP contribution in [0, 0.1) is 29.1 Å². The molecule has 1 heteroatoms. The summed E-state index contributed by atoms with van der Waals surface area (Å²) in [6.07, 6.45) is 5.63. The molecule has 1 nitrogen and oxygen atoms in total. The molecule has 1 N–H and O–H groups in total. The van der Waals surface area contributed by atoms with Gasteiger partial charge in [-0.05, 0) is 61.3 Å². The van der Waals surface area contributed by atoms with Gasteiger partial charge in [-0.3, -0.25) is 0 Å². The van der Waals surface area contributed by atoms with Gasteiger partial charge in [-0.15, -0.1) is 0 Å². The van der Waals surface area contributed by atoms with Gasteiger partial charge < -0.3 is 5.32 Å². The van der Waals surface area contributed by atoms with Gasteiger partial charge in [-0.1, -0.05) is 48.5 Å². The third kappa shape index (κ3) is 5.45. The van der Waals surface area contributed by atoms with E-state index in [1.54, 1.807) is 0 Å². The Morgan fingerprint density at radius 2 is 1.58 bits per heavy atom. The van der Waals surface area contributed by atoms with E-state index < -0.39 is 0 Å². The molecule has 0 heterocycles. The maximum atomic E-state index is 3.80. The maximum absolute atomic E-state index is 3.80. The first-order valence-corrected chi connectivity index (χ1v) is 8.47. The van der Waals surface area contributed by atoms with E-state index in [1.807, 2.05) is 0 Å². The van der Waals surface area contributed by atoms with E-state index in [9.17, 15) is 0 Å². The van der Waals surface area contributed by atoms with Crippen molar-refractivity contribution in [2.45, 2.75) is 80.2 Å². The summed E-state index contributed by atoms with van der Waals surface area (Å²) < 4.78 is 0. The minimum atomic E-state index is 0.430. The Bertz CT molecular complexity index is 243. The zero-order valence-corrected chi connectivity index (χ0v) is 14.4. The molecule has 0 aromatic carbocycles. The van der Waals surface area contributed by atoms with Crippen molar-refractivity contribution in [3.05, 3.63) is 0 Å². The average Bonchev–Trinajstić information content (AvgIpc) is 2.25. The number of rotatable bonds is 5. The van der Waals surface area contributed by atoms with Gasteiger partial charge in [0.2, 0.25) is 0 Å². The molecule has 1 rings (SSSR count). The highest BCUT2D eigenvalue weighted by Crippen LogP contribution is 2.38. The van der Waals surface area contributed by atoms with E-state index in [1.165, 1.54) is 25.7 Å². The minimum Gasteiger partial charge on any atom is -0.314 e. The molecule has 114 valence electrons. The van der Waals surface area contributed by atoms with Crippen LogP contribution >= 0.6 is 0 Å². The van der Waals surface area contributed by atoms with Crippen molar-refractivity contribution < 1.29 is 0 Å². The van der Waals surface area contributed by atoms with Crippen LogP contribution in [-0.4, -0.2) is 12.6 Å². The summed E-state index contributed by atoms with van der Waals surface area (Å²) in [5.74, 6) is 3.51. The summed E-state index contributed by atoms with van der Waals surface area (Å²) in [4.78, 5) is 0. The van der Waals surface area contributed by atoms with Crippen LogP contribution in [0.1, 0.15) is 74.1 Å². The van der Waals surface area contributed by atoms with Gasteiger partial charge in [-0.2, -0.15) is 0 Å². The molecule has 1 aliphatic carbocycles. The monoisotopic (exact) mass is 267 g/mol. The standard InChI is InChI=1S/C18H37N/c1-8-19-17(12-15(4)18(5,6)7)16-10-13(2)9-14(3)11-16/h13-17,19H,8-12H2,1-7H3. The van der Waals surface area contributed by atoms with Crippen molar-refractivity contribution >= 4 is 0 Å². The second kappa shape index (κ2) is 7.11. The fraction of sp³-hybridized carbons (Fsp3) is 1.00. The molecule has 0 saturated heterocycles. The SMILES string of the molecule is CCNC(CC(C)C(C)(C)C)C1CC(C)CC(C)C1. The maximum Gasteiger partial charge on any atom is 0.00981 e. The number of nitrogens with one attached hydrogen (secondary N) is 1. The quantitative estimate of drug-likeness (QED) is 0.730. The summed E-state index contributed by atoms with van der Waals surface area (Å²) in [5, 5.41) is 3.80. The second-order valence-corrected chi connectivity index (χ2v) is 8.34. The summed E-state index contributed by atoms with van der Waals surface area (Å²) in [5.41, 5.74) is 0.430. The highest BCUT2D eigenvalue weighted by Gasteiger charge is 2.32. The van der Waals surface area contributed by atoms with Gasteiger partial charge in [0.15, 0.2) is 0 Å². The van der Waals surface area contributed by atoms with Crippen LogP contribution in [0.4, 0.5) is 0 Å². The fourth-order valence-electron chi connectivity index (χ4n) is 3.78. The number of hydrogen-bond donors (Lipinski definition) is 1. The summed E-state index contributed by atoms with van der Waals surface area (Å²) in [6, 6.07) is 0.726. The molecule has 0 bridgehead atoms. The molecule has 19 heavy (non-hydrogen) atoms. The van der Waals surface area contributed by atoms with E-state index in [0.717, 1.165) is 36.3 Å². The lowest BCUT2D eigenvalue weighted by Gasteiger charge is -2.40. The zero-order valence-electron chi connectivity index (χ0n) is 14.4. The normalized spacial score (nSPS) is 32.1. The van der Waals surface area contributed by atoms with E-state index >= 15 is 0 Å². The van der Waals surface area contributed by atoms with Gasteiger partial charge in [0.1, 0.15) is 0 Å². The van der Waals surface area contributed by atoms with Crippen LogP contribution in [0.25, 0.3) is 0 Å². The Kier molecular flexibility index (Phi) is 6.36. The van der Waals surface area contributed by atoms with Crippen molar-refractivity contribution in [3.63, 3.8) is 0 Å². The van der Waals surface area contributed by atoms with Crippen LogP contribution in [0.3, 0.4) is 0 Å². The van der Waals surface area contributed by atoms with Crippen molar-refractivity contribution in [3.8, 4) is 0 Å². The predicted molar refractivity (Wildman–Crippen MR) is 86.4 cm³/mol. The molecule has 0 amide bonds. The largest absolute Gasteiger partial charge is 0.314 e. The van der Waals surface area contributed by atoms with E-state index in [0.29, 0.717) is 5.41 Å². The van der Waals surface area contributed by atoms with Crippen molar-refractivity contribution in [1.82, 2.24) is 5.32 Å². The first-order valence-electron chi connectivity index (χ1n) is 8.47. The van der Waals surface area contributed by atoms with Crippen LogP contribution in [0.5, 0.6) is 0 Å². The molecule has 1 aliphatic rings. The third-order valence-electron chi connectivity index (χ3n) is 5.34.